The van der Waals surface area contributed by atoms with Gasteiger partial charge in [-0.15, -0.1) is 0 Å². The molecule has 2 heterocycles. The van der Waals surface area contributed by atoms with Crippen molar-refractivity contribution in [1.82, 2.24) is 0 Å². The first-order chi connectivity index (χ1) is 32.7. The molecule has 308 valence electrons. The quantitative estimate of drug-likeness (QED) is 0.173. The number of furan rings is 1. The Kier molecular flexibility index (Phi) is 7.90. The highest BCUT2D eigenvalue weighted by Gasteiger charge is 2.51. The molecule has 1 spiro atoms. The number of para-hydroxylation sites is 2. The summed E-state index contributed by atoms with van der Waals surface area (Å²) in [6, 6.07) is 85.7. The van der Waals surface area contributed by atoms with Crippen molar-refractivity contribution in [2.24, 2.45) is 0 Å². The van der Waals surface area contributed by atoms with Gasteiger partial charge in [0.05, 0.1) is 11.1 Å². The molecule has 3 nitrogen and oxygen atoms in total. The molecule has 12 aromatic rings. The Morgan fingerprint density at radius 2 is 0.970 bits per heavy atom. The first kappa shape index (κ1) is 36.8. The zero-order valence-electron chi connectivity index (χ0n) is 35.8. The van der Waals surface area contributed by atoms with E-state index in [4.69, 9.17) is 9.15 Å². The van der Waals surface area contributed by atoms with Gasteiger partial charge in [0, 0.05) is 44.2 Å². The van der Waals surface area contributed by atoms with Crippen LogP contribution in [-0.4, -0.2) is 0 Å². The summed E-state index contributed by atoms with van der Waals surface area (Å²) >= 11 is 0. The molecule has 0 amide bonds. The molecule has 1 aliphatic heterocycles. The highest BCUT2D eigenvalue weighted by atomic mass is 16.5. The van der Waals surface area contributed by atoms with Crippen molar-refractivity contribution >= 4 is 60.5 Å². The minimum Gasteiger partial charge on any atom is -0.457 e. The number of rotatable bonds is 5. The highest BCUT2D eigenvalue weighted by molar-refractivity contribution is 6.16. The first-order valence-corrected chi connectivity index (χ1v) is 22.7. The fraction of sp³-hybridized carbons (Fsp3) is 0.0159. The average molecular weight is 842 g/mol. The molecule has 0 radical (unpaired) electrons. The first-order valence-electron chi connectivity index (χ1n) is 22.7. The molecule has 0 N–H and O–H groups in total. The van der Waals surface area contributed by atoms with E-state index in [9.17, 15) is 0 Å². The lowest BCUT2D eigenvalue weighted by Gasteiger charge is -2.39. The molecular weight excluding hydrogens is 803 g/mol. The number of nitrogens with zero attached hydrogens (tertiary/aromatic N) is 1. The summed E-state index contributed by atoms with van der Waals surface area (Å²) < 4.78 is 13.4. The summed E-state index contributed by atoms with van der Waals surface area (Å²) in [5.41, 5.74) is 16.4. The van der Waals surface area contributed by atoms with Gasteiger partial charge in [-0.2, -0.15) is 0 Å². The molecular formula is C63H39NO2. The predicted molar refractivity (Wildman–Crippen MR) is 272 cm³/mol. The third-order valence-corrected chi connectivity index (χ3v) is 14.1. The van der Waals surface area contributed by atoms with Crippen LogP contribution in [0.15, 0.2) is 241 Å². The van der Waals surface area contributed by atoms with Crippen molar-refractivity contribution in [3.8, 4) is 44.9 Å². The van der Waals surface area contributed by atoms with Crippen LogP contribution in [-0.2, 0) is 5.41 Å². The molecule has 1 aliphatic carbocycles. The minimum absolute atomic E-state index is 0.594. The lowest BCUT2D eigenvalue weighted by atomic mass is 9.66. The fourth-order valence-electron chi connectivity index (χ4n) is 11.3. The summed E-state index contributed by atoms with van der Waals surface area (Å²) in [5, 5.41) is 6.93. The third kappa shape index (κ3) is 5.26. The number of fused-ring (bicyclic) bond motifs is 15. The molecule has 1 aromatic heterocycles. The molecule has 11 aromatic carbocycles. The van der Waals surface area contributed by atoms with Crippen LogP contribution < -0.4 is 9.64 Å². The summed E-state index contributed by atoms with van der Waals surface area (Å²) in [7, 11) is 0. The number of hydrogen-bond donors (Lipinski definition) is 0. The van der Waals surface area contributed by atoms with Crippen LogP contribution in [0.5, 0.6) is 11.5 Å². The maximum Gasteiger partial charge on any atom is 0.143 e. The van der Waals surface area contributed by atoms with Gasteiger partial charge in [0.1, 0.15) is 22.7 Å². The van der Waals surface area contributed by atoms with Crippen LogP contribution in [0.2, 0.25) is 0 Å². The second-order valence-corrected chi connectivity index (χ2v) is 17.5. The normalized spacial score (nSPS) is 13.1. The van der Waals surface area contributed by atoms with Gasteiger partial charge in [-0.05, 0) is 116 Å². The largest absolute Gasteiger partial charge is 0.457 e. The van der Waals surface area contributed by atoms with Crippen molar-refractivity contribution < 1.29 is 9.15 Å². The van der Waals surface area contributed by atoms with Crippen molar-refractivity contribution in [1.29, 1.82) is 0 Å². The molecule has 0 bridgehead atoms. The number of benzene rings is 11. The summed E-state index contributed by atoms with van der Waals surface area (Å²) in [6.45, 7) is 0. The van der Waals surface area contributed by atoms with Crippen LogP contribution in [0.3, 0.4) is 0 Å². The van der Waals surface area contributed by atoms with Crippen LogP contribution in [0, 0.1) is 0 Å². The molecule has 0 fully saturated rings. The van der Waals surface area contributed by atoms with E-state index in [2.05, 4.69) is 241 Å². The fourth-order valence-corrected chi connectivity index (χ4v) is 11.3. The Labute approximate surface area is 382 Å². The van der Waals surface area contributed by atoms with E-state index in [-0.39, 0.29) is 0 Å². The van der Waals surface area contributed by atoms with Crippen molar-refractivity contribution in [3.05, 3.63) is 259 Å². The number of ether oxygens (including phenoxy) is 1. The molecule has 66 heavy (non-hydrogen) atoms. The van der Waals surface area contributed by atoms with E-state index in [1.807, 2.05) is 0 Å². The minimum atomic E-state index is -0.594. The lowest BCUT2D eigenvalue weighted by Crippen LogP contribution is -2.32. The van der Waals surface area contributed by atoms with Gasteiger partial charge in [0.2, 0.25) is 0 Å². The van der Waals surface area contributed by atoms with E-state index in [0.717, 1.165) is 78.0 Å². The average Bonchev–Trinajstić information content (AvgIpc) is 3.91. The van der Waals surface area contributed by atoms with Crippen LogP contribution in [0.1, 0.15) is 22.3 Å². The van der Waals surface area contributed by atoms with E-state index in [0.29, 0.717) is 0 Å². The predicted octanol–water partition coefficient (Wildman–Crippen LogP) is 17.2. The molecule has 3 heteroatoms. The second-order valence-electron chi connectivity index (χ2n) is 17.5. The Balaban J connectivity index is 0.996. The Bertz CT molecular complexity index is 3870. The van der Waals surface area contributed by atoms with Gasteiger partial charge in [-0.25, -0.2) is 0 Å². The van der Waals surface area contributed by atoms with E-state index < -0.39 is 5.41 Å². The lowest BCUT2D eigenvalue weighted by molar-refractivity contribution is 0.436. The standard InChI is InChI=1S/C63H39NO2/c1-2-14-41(15-3-1)47-20-12-17-43-28-29-44(38-51(43)47)40-30-33-45(34-31-40)64(46-35-37-58-52(39-46)49-36-32-42-16-4-5-18-48(42)62(49)66-58)57-25-13-24-56-61(57)50-19-6-7-21-53(50)63(56)54-22-8-10-26-59(54)65-60-27-11-9-23-55(60)63/h1-39H. The zero-order chi connectivity index (χ0) is 43.3. The Hall–Kier alpha value is -8.66. The van der Waals surface area contributed by atoms with E-state index >= 15 is 0 Å². The topological polar surface area (TPSA) is 25.6 Å². The second kappa shape index (κ2) is 14.2. The van der Waals surface area contributed by atoms with Crippen molar-refractivity contribution in [2.75, 3.05) is 4.90 Å². The highest BCUT2D eigenvalue weighted by Crippen LogP contribution is 2.64. The summed E-state index contributed by atoms with van der Waals surface area (Å²) in [4.78, 5) is 2.45. The van der Waals surface area contributed by atoms with Gasteiger partial charge >= 0.3 is 0 Å². The molecule has 14 rings (SSSR count). The molecule has 0 atom stereocenters. The third-order valence-electron chi connectivity index (χ3n) is 14.1. The van der Waals surface area contributed by atoms with Gasteiger partial charge in [0.25, 0.3) is 0 Å². The van der Waals surface area contributed by atoms with Gasteiger partial charge in [0.15, 0.2) is 0 Å². The van der Waals surface area contributed by atoms with Crippen LogP contribution in [0.4, 0.5) is 17.1 Å². The van der Waals surface area contributed by atoms with Gasteiger partial charge < -0.3 is 14.1 Å². The van der Waals surface area contributed by atoms with Gasteiger partial charge in [-0.3, -0.25) is 0 Å². The monoisotopic (exact) mass is 841 g/mol. The summed E-state index contributed by atoms with van der Waals surface area (Å²) in [5.74, 6) is 1.76. The molecule has 0 unspecified atom stereocenters. The zero-order valence-corrected chi connectivity index (χ0v) is 35.8. The maximum atomic E-state index is 6.69. The Morgan fingerprint density at radius 1 is 0.348 bits per heavy atom. The van der Waals surface area contributed by atoms with Crippen molar-refractivity contribution in [2.45, 2.75) is 5.41 Å². The SMILES string of the molecule is c1ccc(-c2cccc3ccc(-c4ccc(N(c5ccc6oc7c8ccccc8ccc7c6c5)c5cccc6c5-c5ccccc5C65c6ccccc6Oc6ccccc65)cc4)cc23)cc1. The van der Waals surface area contributed by atoms with Crippen LogP contribution >= 0.6 is 0 Å². The smallest absolute Gasteiger partial charge is 0.143 e. The van der Waals surface area contributed by atoms with Crippen molar-refractivity contribution in [3.63, 3.8) is 0 Å². The van der Waals surface area contributed by atoms with Gasteiger partial charge in [-0.1, -0.05) is 176 Å². The molecule has 0 saturated heterocycles. The molecule has 0 saturated carbocycles. The number of anilines is 3. The summed E-state index contributed by atoms with van der Waals surface area (Å²) in [6.07, 6.45) is 0. The number of hydrogen-bond acceptors (Lipinski definition) is 3. The van der Waals surface area contributed by atoms with E-state index in [1.54, 1.807) is 0 Å². The van der Waals surface area contributed by atoms with Crippen LogP contribution in [0.25, 0.3) is 76.9 Å². The molecule has 2 aliphatic rings. The Morgan fingerprint density at radius 3 is 1.80 bits per heavy atom. The maximum absolute atomic E-state index is 6.69. The van der Waals surface area contributed by atoms with E-state index in [1.165, 1.54) is 49.7 Å².